The molecule has 0 amide bonds. The number of benzene rings is 4. The summed E-state index contributed by atoms with van der Waals surface area (Å²) in [4.78, 5) is 0. The normalized spacial score (nSPS) is 12.2. The van der Waals surface area contributed by atoms with Crippen molar-refractivity contribution in [1.29, 1.82) is 0 Å². The van der Waals surface area contributed by atoms with Crippen LogP contribution in [0.4, 0.5) is 0 Å². The van der Waals surface area contributed by atoms with E-state index < -0.39 is 0 Å². The van der Waals surface area contributed by atoms with Crippen LogP contribution in [0.15, 0.2) is 66.7 Å². The molecule has 5 rings (SSSR count). The van der Waals surface area contributed by atoms with Crippen LogP contribution in [0.25, 0.3) is 33.0 Å². The van der Waals surface area contributed by atoms with Crippen LogP contribution in [-0.2, 0) is 6.42 Å². The van der Waals surface area contributed by atoms with Crippen LogP contribution < -0.4 is 0 Å². The minimum Gasteiger partial charge on any atom is -0.508 e. The van der Waals surface area contributed by atoms with E-state index in [9.17, 15) is 5.11 Å². The average Bonchev–Trinajstić information content (AvgIpc) is 2.98. The van der Waals surface area contributed by atoms with Crippen molar-refractivity contribution in [2.24, 2.45) is 0 Å². The van der Waals surface area contributed by atoms with Crippen molar-refractivity contribution in [3.05, 3.63) is 89.0 Å². The first-order valence-corrected chi connectivity index (χ1v) is 9.06. The maximum absolute atomic E-state index is 9.71. The van der Waals surface area contributed by atoms with E-state index in [1.54, 1.807) is 6.07 Å². The highest BCUT2D eigenvalue weighted by Gasteiger charge is 2.23. The number of phenols is 1. The second-order valence-electron chi connectivity index (χ2n) is 7.37. The Hall–Kier alpha value is -3.06. The lowest BCUT2D eigenvalue weighted by atomic mass is 9.90. The van der Waals surface area contributed by atoms with Crippen molar-refractivity contribution < 1.29 is 5.11 Å². The summed E-state index contributed by atoms with van der Waals surface area (Å²) in [6.07, 6.45) is 0.997. The lowest BCUT2D eigenvalue weighted by Gasteiger charge is -2.14. The largest absolute Gasteiger partial charge is 0.508 e. The third-order valence-electron chi connectivity index (χ3n) is 5.55. The van der Waals surface area contributed by atoms with Crippen LogP contribution in [0, 0.1) is 13.8 Å². The topological polar surface area (TPSA) is 20.2 Å². The first-order valence-electron chi connectivity index (χ1n) is 9.06. The molecule has 0 saturated carbocycles. The van der Waals surface area contributed by atoms with E-state index in [0.29, 0.717) is 5.75 Å². The lowest BCUT2D eigenvalue weighted by Crippen LogP contribution is -1.92. The molecule has 1 nitrogen and oxygen atoms in total. The van der Waals surface area contributed by atoms with Crippen LogP contribution in [-0.4, -0.2) is 5.11 Å². The third kappa shape index (κ3) is 2.24. The molecule has 26 heavy (non-hydrogen) atoms. The van der Waals surface area contributed by atoms with Gasteiger partial charge in [-0.3, -0.25) is 0 Å². The number of aryl methyl sites for hydroxylation is 2. The number of phenolic OH excluding ortho intramolecular Hbond substituents is 1. The minimum absolute atomic E-state index is 0.313. The molecule has 0 radical (unpaired) electrons. The summed E-state index contributed by atoms with van der Waals surface area (Å²) in [5.74, 6) is 0.313. The third-order valence-corrected chi connectivity index (χ3v) is 5.55. The molecule has 0 saturated heterocycles. The van der Waals surface area contributed by atoms with E-state index in [0.717, 1.165) is 17.2 Å². The van der Waals surface area contributed by atoms with Crippen LogP contribution in [0.1, 0.15) is 22.3 Å². The highest BCUT2D eigenvalue weighted by Crippen LogP contribution is 2.43. The average molecular weight is 336 g/mol. The maximum Gasteiger partial charge on any atom is 0.116 e. The predicted molar refractivity (Wildman–Crippen MR) is 109 cm³/mol. The van der Waals surface area contributed by atoms with Gasteiger partial charge in [0.2, 0.25) is 0 Å². The molecule has 0 spiro atoms. The van der Waals surface area contributed by atoms with Gasteiger partial charge in [0.1, 0.15) is 5.75 Å². The number of fused-ring (bicyclic) bond motifs is 4. The van der Waals surface area contributed by atoms with Gasteiger partial charge >= 0.3 is 0 Å². The summed E-state index contributed by atoms with van der Waals surface area (Å²) in [5, 5.41) is 11.9. The molecular weight excluding hydrogens is 316 g/mol. The van der Waals surface area contributed by atoms with Gasteiger partial charge in [0.05, 0.1) is 0 Å². The van der Waals surface area contributed by atoms with Crippen LogP contribution in [0.5, 0.6) is 5.75 Å². The first-order chi connectivity index (χ1) is 12.6. The summed E-state index contributed by atoms with van der Waals surface area (Å²) in [6.45, 7) is 4.36. The van der Waals surface area contributed by atoms with Crippen LogP contribution in [0.2, 0.25) is 0 Å². The molecule has 0 unspecified atom stereocenters. The summed E-state index contributed by atoms with van der Waals surface area (Å²) in [5.41, 5.74) is 10.8. The van der Waals surface area contributed by atoms with Crippen LogP contribution in [0.3, 0.4) is 0 Å². The zero-order chi connectivity index (χ0) is 17.8. The van der Waals surface area contributed by atoms with Gasteiger partial charge in [-0.15, -0.1) is 0 Å². The fourth-order valence-electron chi connectivity index (χ4n) is 4.31. The minimum atomic E-state index is 0.313. The van der Waals surface area contributed by atoms with E-state index in [2.05, 4.69) is 62.4 Å². The number of rotatable bonds is 1. The van der Waals surface area contributed by atoms with Crippen molar-refractivity contribution in [2.75, 3.05) is 0 Å². The van der Waals surface area contributed by atoms with Crippen molar-refractivity contribution in [3.8, 4) is 28.0 Å². The summed E-state index contributed by atoms with van der Waals surface area (Å²) in [6, 6.07) is 23.4. The molecule has 4 aromatic carbocycles. The van der Waals surface area contributed by atoms with Crippen molar-refractivity contribution >= 4 is 10.8 Å². The van der Waals surface area contributed by atoms with E-state index >= 15 is 0 Å². The zero-order valence-electron chi connectivity index (χ0n) is 15.0. The van der Waals surface area contributed by atoms with E-state index in [4.69, 9.17) is 0 Å². The SMILES string of the molecule is Cc1ccc2c(c1)Cc1c-2ccc(C)c1-c1ccc2cc(O)ccc2c1. The second-order valence-corrected chi connectivity index (χ2v) is 7.37. The molecule has 0 atom stereocenters. The molecule has 126 valence electrons. The molecule has 1 aliphatic rings. The number of hydrogen-bond acceptors (Lipinski definition) is 1. The molecular formula is C25H20O. The van der Waals surface area contributed by atoms with E-state index in [-0.39, 0.29) is 0 Å². The first kappa shape index (κ1) is 15.2. The van der Waals surface area contributed by atoms with Crippen LogP contribution >= 0.6 is 0 Å². The highest BCUT2D eigenvalue weighted by atomic mass is 16.3. The van der Waals surface area contributed by atoms with Crippen molar-refractivity contribution in [3.63, 3.8) is 0 Å². The number of hydrogen-bond donors (Lipinski definition) is 1. The predicted octanol–water partition coefficient (Wildman–Crippen LogP) is 6.40. The Kier molecular flexibility index (Phi) is 3.20. The van der Waals surface area contributed by atoms with Gasteiger partial charge in [0, 0.05) is 0 Å². The maximum atomic E-state index is 9.71. The Morgan fingerprint density at radius 1 is 0.731 bits per heavy atom. The van der Waals surface area contributed by atoms with Gasteiger partial charge < -0.3 is 5.11 Å². The molecule has 0 heterocycles. The second kappa shape index (κ2) is 5.47. The monoisotopic (exact) mass is 336 g/mol. The lowest BCUT2D eigenvalue weighted by molar-refractivity contribution is 0.476. The van der Waals surface area contributed by atoms with E-state index in [1.807, 2.05) is 12.1 Å². The summed E-state index contributed by atoms with van der Waals surface area (Å²) >= 11 is 0. The molecule has 1 aliphatic carbocycles. The molecule has 4 aromatic rings. The number of aromatic hydroxyl groups is 1. The molecule has 1 heteroatoms. The fraction of sp³-hybridized carbons (Fsp3) is 0.120. The molecule has 0 bridgehead atoms. The summed E-state index contributed by atoms with van der Waals surface area (Å²) in [7, 11) is 0. The van der Waals surface area contributed by atoms with E-state index in [1.165, 1.54) is 44.5 Å². The van der Waals surface area contributed by atoms with Gasteiger partial charge in [0.25, 0.3) is 0 Å². The van der Waals surface area contributed by atoms with Gasteiger partial charge in [-0.05, 0) is 88.2 Å². The van der Waals surface area contributed by atoms with Crippen molar-refractivity contribution in [2.45, 2.75) is 20.3 Å². The zero-order valence-corrected chi connectivity index (χ0v) is 15.0. The molecule has 0 aromatic heterocycles. The Labute approximate surface area is 153 Å². The van der Waals surface area contributed by atoms with Gasteiger partial charge in [-0.25, -0.2) is 0 Å². The Balaban J connectivity index is 1.73. The Morgan fingerprint density at radius 3 is 2.38 bits per heavy atom. The molecule has 1 N–H and O–H groups in total. The molecule has 0 fully saturated rings. The Morgan fingerprint density at radius 2 is 1.50 bits per heavy atom. The van der Waals surface area contributed by atoms with Gasteiger partial charge in [-0.1, -0.05) is 54.1 Å². The smallest absolute Gasteiger partial charge is 0.116 e. The summed E-state index contributed by atoms with van der Waals surface area (Å²) < 4.78 is 0. The quantitative estimate of drug-likeness (QED) is 0.375. The standard InChI is InChI=1S/C25H20O/c1-15-3-9-22-20(11-15)14-24-23(22)10-4-16(2)25(24)19-6-5-18-13-21(26)8-7-17(18)12-19/h3-13,26H,14H2,1-2H3. The van der Waals surface area contributed by atoms with Gasteiger partial charge in [0.15, 0.2) is 0 Å². The highest BCUT2D eigenvalue weighted by molar-refractivity contribution is 5.92. The Bertz CT molecular complexity index is 1180. The van der Waals surface area contributed by atoms with Crippen molar-refractivity contribution in [1.82, 2.24) is 0 Å². The molecule has 0 aliphatic heterocycles. The van der Waals surface area contributed by atoms with Gasteiger partial charge in [-0.2, -0.15) is 0 Å². The fourth-order valence-corrected chi connectivity index (χ4v) is 4.31.